The first-order chi connectivity index (χ1) is 7.10. The minimum Gasteiger partial charge on any atom is -0.361 e. The van der Waals surface area contributed by atoms with Gasteiger partial charge in [0.2, 0.25) is 0 Å². The first-order valence-electron chi connectivity index (χ1n) is 4.03. The average molecular weight is 269 g/mol. The number of rotatable bonds is 4. The van der Waals surface area contributed by atoms with Gasteiger partial charge in [0.1, 0.15) is 0 Å². The molecule has 0 heterocycles. The first-order valence-corrected chi connectivity index (χ1v) is 5.92. The predicted molar refractivity (Wildman–Crippen MR) is 61.4 cm³/mol. The van der Waals surface area contributed by atoms with Crippen molar-refractivity contribution in [1.82, 2.24) is 0 Å². The third kappa shape index (κ3) is 3.16. The van der Waals surface area contributed by atoms with Crippen molar-refractivity contribution in [2.24, 2.45) is 0 Å². The molecule has 0 aliphatic heterocycles. The zero-order chi connectivity index (χ0) is 11.4. The van der Waals surface area contributed by atoms with Crippen molar-refractivity contribution in [2.75, 3.05) is 14.2 Å². The maximum absolute atomic E-state index is 11.5. The van der Waals surface area contributed by atoms with Gasteiger partial charge in [0, 0.05) is 22.7 Å². The summed E-state index contributed by atoms with van der Waals surface area (Å²) in [6, 6.07) is 4.88. The van der Waals surface area contributed by atoms with Gasteiger partial charge in [-0.1, -0.05) is 29.3 Å². The molecule has 1 rings (SSSR count). The monoisotopic (exact) mass is 268 g/mol. The van der Waals surface area contributed by atoms with Gasteiger partial charge >= 0.3 is 0 Å². The first kappa shape index (κ1) is 12.9. The Morgan fingerprint density at radius 3 is 2.47 bits per heavy atom. The molecular weight excluding hydrogens is 259 g/mol. The molecular formula is C9H10Cl2O3S. The van der Waals surface area contributed by atoms with E-state index in [4.69, 9.17) is 32.1 Å². The fourth-order valence-electron chi connectivity index (χ4n) is 1.09. The van der Waals surface area contributed by atoms with Gasteiger partial charge in [-0.05, 0) is 12.1 Å². The summed E-state index contributed by atoms with van der Waals surface area (Å²) in [5.41, 5.74) is -0.122. The molecule has 3 nitrogen and oxygen atoms in total. The molecule has 0 N–H and O–H groups in total. The van der Waals surface area contributed by atoms with E-state index in [9.17, 15) is 4.21 Å². The highest BCUT2D eigenvalue weighted by atomic mass is 35.5. The maximum Gasteiger partial charge on any atom is 0.190 e. The third-order valence-corrected chi connectivity index (χ3v) is 3.46. The Morgan fingerprint density at radius 1 is 1.33 bits per heavy atom. The van der Waals surface area contributed by atoms with Crippen LogP contribution in [-0.2, 0) is 20.0 Å². The van der Waals surface area contributed by atoms with E-state index in [0.29, 0.717) is 15.6 Å². The zero-order valence-corrected chi connectivity index (χ0v) is 10.5. The Kier molecular flexibility index (Phi) is 5.02. The van der Waals surface area contributed by atoms with Crippen molar-refractivity contribution in [3.63, 3.8) is 0 Å². The molecule has 84 valence electrons. The van der Waals surface area contributed by atoms with Crippen molar-refractivity contribution < 1.29 is 13.1 Å². The lowest BCUT2D eigenvalue weighted by molar-refractivity contribution is 0.161. The summed E-state index contributed by atoms with van der Waals surface area (Å²) < 4.78 is 21.2. The van der Waals surface area contributed by atoms with Crippen molar-refractivity contribution in [3.05, 3.63) is 33.8 Å². The van der Waals surface area contributed by atoms with Gasteiger partial charge in [-0.2, -0.15) is 0 Å². The van der Waals surface area contributed by atoms with E-state index in [1.807, 2.05) is 0 Å². The lowest BCUT2D eigenvalue weighted by Gasteiger charge is -2.14. The molecule has 2 unspecified atom stereocenters. The molecule has 0 aliphatic rings. The highest BCUT2D eigenvalue weighted by Gasteiger charge is 2.21. The van der Waals surface area contributed by atoms with Gasteiger partial charge in [-0.3, -0.25) is 4.18 Å². The number of ether oxygens (including phenoxy) is 1. The Morgan fingerprint density at radius 2 is 2.00 bits per heavy atom. The molecule has 1 aromatic rings. The Labute approximate surface area is 101 Å². The second-order valence-electron chi connectivity index (χ2n) is 2.66. The highest BCUT2D eigenvalue weighted by molar-refractivity contribution is 7.80. The Bertz CT molecular complexity index is 370. The molecule has 0 amide bonds. The van der Waals surface area contributed by atoms with E-state index >= 15 is 0 Å². The summed E-state index contributed by atoms with van der Waals surface area (Å²) in [6.45, 7) is 0. The second-order valence-corrected chi connectivity index (χ2v) is 4.79. The minimum absolute atomic E-state index is 0.403. The van der Waals surface area contributed by atoms with Gasteiger partial charge in [0.05, 0.1) is 7.11 Å². The van der Waals surface area contributed by atoms with Crippen LogP contribution in [0.4, 0.5) is 0 Å². The van der Waals surface area contributed by atoms with Crippen molar-refractivity contribution in [2.45, 2.75) is 5.44 Å². The lowest BCUT2D eigenvalue weighted by Crippen LogP contribution is -2.10. The molecule has 0 bridgehead atoms. The molecule has 0 spiro atoms. The number of benzene rings is 1. The molecule has 1 aromatic carbocycles. The smallest absolute Gasteiger partial charge is 0.190 e. The number of hydrogen-bond donors (Lipinski definition) is 0. The standard InChI is InChI=1S/C9H10Cl2O3S/c1-13-9(15(12)14-2)7-4-3-6(10)5-8(7)11/h3-5,9H,1-2H3. The van der Waals surface area contributed by atoms with Crippen LogP contribution in [0.3, 0.4) is 0 Å². The van der Waals surface area contributed by atoms with Gasteiger partial charge in [0.15, 0.2) is 16.5 Å². The Balaban J connectivity index is 3.07. The topological polar surface area (TPSA) is 35.5 Å². The predicted octanol–water partition coefficient (Wildman–Crippen LogP) is 2.95. The van der Waals surface area contributed by atoms with Crippen molar-refractivity contribution in [1.29, 1.82) is 0 Å². The van der Waals surface area contributed by atoms with Crippen LogP contribution >= 0.6 is 23.2 Å². The summed E-state index contributed by atoms with van der Waals surface area (Å²) >= 11 is 10.1. The SMILES string of the molecule is COC(c1ccc(Cl)cc1Cl)S(=O)OC. The molecule has 0 fully saturated rings. The van der Waals surface area contributed by atoms with E-state index in [1.54, 1.807) is 18.2 Å². The molecule has 2 atom stereocenters. The van der Waals surface area contributed by atoms with E-state index < -0.39 is 16.5 Å². The van der Waals surface area contributed by atoms with Crippen molar-refractivity contribution >= 4 is 34.3 Å². The molecule has 0 saturated carbocycles. The Hall–Kier alpha value is -0.130. The zero-order valence-electron chi connectivity index (χ0n) is 8.20. The van der Waals surface area contributed by atoms with Gasteiger partial charge in [0.25, 0.3) is 0 Å². The number of hydrogen-bond acceptors (Lipinski definition) is 3. The quantitative estimate of drug-likeness (QED) is 0.843. The van der Waals surface area contributed by atoms with Crippen LogP contribution in [-0.4, -0.2) is 18.4 Å². The lowest BCUT2D eigenvalue weighted by atomic mass is 10.2. The van der Waals surface area contributed by atoms with Crippen LogP contribution in [0.5, 0.6) is 0 Å². The van der Waals surface area contributed by atoms with Crippen LogP contribution in [0.15, 0.2) is 18.2 Å². The minimum atomic E-state index is -1.58. The highest BCUT2D eigenvalue weighted by Crippen LogP contribution is 2.30. The van der Waals surface area contributed by atoms with Gasteiger partial charge in [-0.25, -0.2) is 4.21 Å². The molecule has 6 heteroatoms. The van der Waals surface area contributed by atoms with Crippen LogP contribution in [0.1, 0.15) is 11.0 Å². The summed E-state index contributed by atoms with van der Waals surface area (Å²) in [6.07, 6.45) is 0. The summed E-state index contributed by atoms with van der Waals surface area (Å²) in [5.74, 6) is 0. The molecule has 0 aliphatic carbocycles. The fraction of sp³-hybridized carbons (Fsp3) is 0.333. The summed E-state index contributed by atoms with van der Waals surface area (Å²) in [5, 5.41) is 0.918. The maximum atomic E-state index is 11.5. The average Bonchev–Trinajstić information content (AvgIpc) is 2.21. The van der Waals surface area contributed by atoms with Crippen LogP contribution in [0.25, 0.3) is 0 Å². The largest absolute Gasteiger partial charge is 0.361 e. The number of halogens is 2. The van der Waals surface area contributed by atoms with E-state index in [0.717, 1.165) is 0 Å². The van der Waals surface area contributed by atoms with Crippen LogP contribution < -0.4 is 0 Å². The van der Waals surface area contributed by atoms with E-state index in [1.165, 1.54) is 14.2 Å². The van der Waals surface area contributed by atoms with Crippen LogP contribution in [0, 0.1) is 0 Å². The second kappa shape index (κ2) is 5.82. The van der Waals surface area contributed by atoms with Crippen molar-refractivity contribution in [3.8, 4) is 0 Å². The van der Waals surface area contributed by atoms with Gasteiger partial charge < -0.3 is 4.74 Å². The normalized spacial score (nSPS) is 14.9. The molecule has 0 saturated heterocycles. The number of methoxy groups -OCH3 is 1. The molecule has 15 heavy (non-hydrogen) atoms. The van der Waals surface area contributed by atoms with E-state index in [-0.39, 0.29) is 0 Å². The summed E-state index contributed by atoms with van der Waals surface area (Å²) in [7, 11) is 2.78. The van der Waals surface area contributed by atoms with Gasteiger partial charge in [-0.15, -0.1) is 0 Å². The molecule has 0 aromatic heterocycles. The third-order valence-electron chi connectivity index (χ3n) is 1.77. The van der Waals surface area contributed by atoms with Crippen LogP contribution in [0.2, 0.25) is 10.0 Å². The van der Waals surface area contributed by atoms with E-state index in [2.05, 4.69) is 0 Å². The fourth-order valence-corrected chi connectivity index (χ4v) is 2.41. The molecule has 0 radical (unpaired) electrons. The summed E-state index contributed by atoms with van der Waals surface area (Å²) in [4.78, 5) is 0.